The first-order valence-corrected chi connectivity index (χ1v) is 4.61. The molecule has 0 fully saturated rings. The molecule has 1 rings (SSSR count). The van der Waals surface area contributed by atoms with Gasteiger partial charge in [0.05, 0.1) is 5.69 Å². The van der Waals surface area contributed by atoms with E-state index in [-0.39, 0.29) is 11.7 Å². The number of nitrogens with zero attached hydrogens (tertiary/aromatic N) is 1. The third kappa shape index (κ3) is 2.55. The molecular weight excluding hydrogens is 179 g/mol. The first-order valence-electron chi connectivity index (χ1n) is 4.61. The molecule has 76 valence electrons. The van der Waals surface area contributed by atoms with Crippen LogP contribution in [0.2, 0.25) is 0 Å². The third-order valence-corrected chi connectivity index (χ3v) is 2.01. The summed E-state index contributed by atoms with van der Waals surface area (Å²) < 4.78 is 13.1. The summed E-state index contributed by atoms with van der Waals surface area (Å²) in [5.74, 6) is 0.454. The second-order valence-electron chi connectivity index (χ2n) is 3.62. The van der Waals surface area contributed by atoms with Crippen molar-refractivity contribution in [3.63, 3.8) is 0 Å². The van der Waals surface area contributed by atoms with Gasteiger partial charge < -0.3 is 5.73 Å². The number of hydrogen-bond donors (Lipinski definition) is 1. The van der Waals surface area contributed by atoms with Crippen LogP contribution in [-0.2, 0) is 0 Å². The van der Waals surface area contributed by atoms with Crippen LogP contribution < -0.4 is 5.73 Å². The highest BCUT2D eigenvalue weighted by Gasteiger charge is 2.01. The Bertz CT molecular complexity index is 356. The predicted molar refractivity (Wildman–Crippen MR) is 57.3 cm³/mol. The monoisotopic (exact) mass is 194 g/mol. The molecule has 0 spiro atoms. The minimum absolute atomic E-state index is 0.180. The Morgan fingerprint density at radius 2 is 2.07 bits per heavy atom. The van der Waals surface area contributed by atoms with Crippen LogP contribution in [0.4, 0.5) is 10.1 Å². The fourth-order valence-electron chi connectivity index (χ4n) is 0.929. The lowest BCUT2D eigenvalue weighted by Crippen LogP contribution is -2.18. The molecule has 0 bridgehead atoms. The molecule has 1 aromatic rings. The predicted octanol–water partition coefficient (Wildman–Crippen LogP) is 2.78. The van der Waals surface area contributed by atoms with Crippen molar-refractivity contribution in [3.8, 4) is 0 Å². The van der Waals surface area contributed by atoms with Gasteiger partial charge in [-0.05, 0) is 24.6 Å². The van der Waals surface area contributed by atoms with E-state index in [1.165, 1.54) is 6.07 Å². The molecule has 2 N–H and O–H groups in total. The summed E-state index contributed by atoms with van der Waals surface area (Å²) in [7, 11) is 0. The van der Waals surface area contributed by atoms with Gasteiger partial charge in [0, 0.05) is 5.92 Å². The quantitative estimate of drug-likeness (QED) is 0.570. The number of hydrogen-bond acceptors (Lipinski definition) is 1. The maximum absolute atomic E-state index is 13.1. The first kappa shape index (κ1) is 10.7. The minimum atomic E-state index is -0.247. The first-order chi connectivity index (χ1) is 6.50. The molecule has 2 nitrogen and oxygen atoms in total. The van der Waals surface area contributed by atoms with Crippen LogP contribution in [0.1, 0.15) is 19.4 Å². The van der Waals surface area contributed by atoms with Crippen LogP contribution in [0.5, 0.6) is 0 Å². The molecule has 0 aliphatic carbocycles. The van der Waals surface area contributed by atoms with Gasteiger partial charge in [0.1, 0.15) is 11.7 Å². The molecule has 0 unspecified atom stereocenters. The van der Waals surface area contributed by atoms with E-state index < -0.39 is 0 Å². The second kappa shape index (κ2) is 4.22. The van der Waals surface area contributed by atoms with Crippen LogP contribution in [0.15, 0.2) is 23.2 Å². The van der Waals surface area contributed by atoms with Gasteiger partial charge in [0.15, 0.2) is 0 Å². The zero-order valence-electron chi connectivity index (χ0n) is 8.71. The van der Waals surface area contributed by atoms with E-state index in [4.69, 9.17) is 5.73 Å². The Morgan fingerprint density at radius 1 is 1.43 bits per heavy atom. The van der Waals surface area contributed by atoms with Crippen molar-refractivity contribution in [1.82, 2.24) is 0 Å². The highest BCUT2D eigenvalue weighted by atomic mass is 19.1. The molecule has 0 saturated carbocycles. The van der Waals surface area contributed by atoms with Crippen LogP contribution in [0, 0.1) is 18.7 Å². The van der Waals surface area contributed by atoms with Crippen molar-refractivity contribution in [2.24, 2.45) is 16.6 Å². The van der Waals surface area contributed by atoms with Gasteiger partial charge in [-0.1, -0.05) is 19.9 Å². The van der Waals surface area contributed by atoms with Crippen molar-refractivity contribution in [3.05, 3.63) is 29.6 Å². The Kier molecular flexibility index (Phi) is 3.23. The van der Waals surface area contributed by atoms with Gasteiger partial charge >= 0.3 is 0 Å². The van der Waals surface area contributed by atoms with Crippen LogP contribution >= 0.6 is 0 Å². The number of benzene rings is 1. The van der Waals surface area contributed by atoms with E-state index in [0.717, 1.165) is 0 Å². The van der Waals surface area contributed by atoms with Gasteiger partial charge in [-0.3, -0.25) is 0 Å². The SMILES string of the molecule is Cc1ccc(N=C(N)C(C)C)cc1F. The maximum Gasteiger partial charge on any atom is 0.128 e. The highest BCUT2D eigenvalue weighted by Crippen LogP contribution is 2.17. The van der Waals surface area contributed by atoms with Crippen LogP contribution in [0.25, 0.3) is 0 Å². The van der Waals surface area contributed by atoms with Gasteiger partial charge in [-0.15, -0.1) is 0 Å². The summed E-state index contributed by atoms with van der Waals surface area (Å²) in [6.07, 6.45) is 0. The second-order valence-corrected chi connectivity index (χ2v) is 3.62. The molecule has 3 heteroatoms. The fourth-order valence-corrected chi connectivity index (χ4v) is 0.929. The molecule has 0 aliphatic heterocycles. The normalized spacial score (nSPS) is 12.2. The van der Waals surface area contributed by atoms with Crippen molar-refractivity contribution >= 4 is 11.5 Å². The Labute approximate surface area is 83.7 Å². The smallest absolute Gasteiger partial charge is 0.128 e. The van der Waals surface area contributed by atoms with E-state index in [1.54, 1.807) is 19.1 Å². The zero-order chi connectivity index (χ0) is 10.7. The van der Waals surface area contributed by atoms with Crippen molar-refractivity contribution in [2.75, 3.05) is 0 Å². The Morgan fingerprint density at radius 3 is 2.57 bits per heavy atom. The number of aryl methyl sites for hydroxylation is 1. The number of aliphatic imine (C=N–C) groups is 1. The standard InChI is InChI=1S/C11H15FN2/c1-7(2)11(13)14-9-5-4-8(3)10(12)6-9/h4-7H,1-3H3,(H2,13,14). The Hall–Kier alpha value is -1.38. The molecule has 0 atom stereocenters. The lowest BCUT2D eigenvalue weighted by atomic mass is 10.2. The lowest BCUT2D eigenvalue weighted by molar-refractivity contribution is 0.619. The van der Waals surface area contributed by atoms with E-state index in [0.29, 0.717) is 17.1 Å². The summed E-state index contributed by atoms with van der Waals surface area (Å²) >= 11 is 0. The van der Waals surface area contributed by atoms with Gasteiger partial charge in [-0.25, -0.2) is 9.38 Å². The van der Waals surface area contributed by atoms with Crippen molar-refractivity contribution in [2.45, 2.75) is 20.8 Å². The van der Waals surface area contributed by atoms with Crippen LogP contribution in [-0.4, -0.2) is 5.84 Å². The summed E-state index contributed by atoms with van der Waals surface area (Å²) in [4.78, 5) is 4.11. The van der Waals surface area contributed by atoms with Gasteiger partial charge in [0.25, 0.3) is 0 Å². The number of amidine groups is 1. The minimum Gasteiger partial charge on any atom is -0.387 e. The molecule has 0 amide bonds. The van der Waals surface area contributed by atoms with E-state index in [9.17, 15) is 4.39 Å². The molecule has 14 heavy (non-hydrogen) atoms. The Balaban J connectivity index is 2.98. The lowest BCUT2D eigenvalue weighted by Gasteiger charge is -2.04. The summed E-state index contributed by atoms with van der Waals surface area (Å²) in [5, 5.41) is 0. The number of halogens is 1. The van der Waals surface area contributed by atoms with E-state index >= 15 is 0 Å². The number of rotatable bonds is 2. The molecule has 0 saturated heterocycles. The van der Waals surface area contributed by atoms with E-state index in [2.05, 4.69) is 4.99 Å². The summed E-state index contributed by atoms with van der Waals surface area (Å²) in [5.41, 5.74) is 6.85. The maximum atomic E-state index is 13.1. The topological polar surface area (TPSA) is 38.4 Å². The summed E-state index contributed by atoms with van der Waals surface area (Å²) in [6, 6.07) is 4.85. The molecule has 0 radical (unpaired) electrons. The largest absolute Gasteiger partial charge is 0.387 e. The molecule has 0 heterocycles. The average Bonchev–Trinajstić information content (AvgIpc) is 2.11. The van der Waals surface area contributed by atoms with Crippen molar-refractivity contribution < 1.29 is 4.39 Å². The van der Waals surface area contributed by atoms with Crippen LogP contribution in [0.3, 0.4) is 0 Å². The molecular formula is C11H15FN2. The highest BCUT2D eigenvalue weighted by molar-refractivity contribution is 5.84. The molecule has 1 aromatic carbocycles. The number of nitrogens with two attached hydrogens (primary N) is 1. The third-order valence-electron chi connectivity index (χ3n) is 2.01. The van der Waals surface area contributed by atoms with Crippen molar-refractivity contribution in [1.29, 1.82) is 0 Å². The van der Waals surface area contributed by atoms with Gasteiger partial charge in [-0.2, -0.15) is 0 Å². The fraction of sp³-hybridized carbons (Fsp3) is 0.364. The molecule has 0 aromatic heterocycles. The average molecular weight is 194 g/mol. The summed E-state index contributed by atoms with van der Waals surface area (Å²) in [6.45, 7) is 5.61. The molecule has 0 aliphatic rings. The van der Waals surface area contributed by atoms with Gasteiger partial charge in [0.2, 0.25) is 0 Å². The zero-order valence-corrected chi connectivity index (χ0v) is 8.71. The van der Waals surface area contributed by atoms with E-state index in [1.807, 2.05) is 13.8 Å².